The number of aliphatic hydroxyl groups is 1. The molecule has 2 N–H and O–H groups in total. The number of amides is 3. The third kappa shape index (κ3) is 6.60. The molecule has 262 valence electrons. The molecule has 2 saturated heterocycles. The molecule has 0 aliphatic carbocycles. The highest BCUT2D eigenvalue weighted by Crippen LogP contribution is 2.59. The number of allylic oxidation sites excluding steroid dienone is 1. The molecular formula is C36H48BrN3O8. The first-order valence-corrected chi connectivity index (χ1v) is 17.8. The fourth-order valence-corrected chi connectivity index (χ4v) is 8.55. The average Bonchev–Trinajstić information content (AvgIpc) is 3.64. The summed E-state index contributed by atoms with van der Waals surface area (Å²) >= 11 is 3.61. The van der Waals surface area contributed by atoms with Gasteiger partial charge in [-0.15, -0.1) is 0 Å². The number of likely N-dealkylation sites (tertiary alicyclic amines) is 1. The van der Waals surface area contributed by atoms with E-state index in [-0.39, 0.29) is 50.0 Å². The number of benzene rings is 1. The van der Waals surface area contributed by atoms with Crippen LogP contribution in [0.3, 0.4) is 0 Å². The van der Waals surface area contributed by atoms with Crippen LogP contribution in [0.15, 0.2) is 53.0 Å². The second-order valence-electron chi connectivity index (χ2n) is 13.6. The van der Waals surface area contributed by atoms with Gasteiger partial charge in [-0.2, -0.15) is 0 Å². The van der Waals surface area contributed by atoms with Crippen LogP contribution in [0.25, 0.3) is 0 Å². The van der Waals surface area contributed by atoms with E-state index in [4.69, 9.17) is 14.2 Å². The number of methoxy groups -OCH3 is 1. The van der Waals surface area contributed by atoms with E-state index >= 15 is 0 Å². The Morgan fingerprint density at radius 3 is 2.46 bits per heavy atom. The van der Waals surface area contributed by atoms with Crippen LogP contribution in [0.4, 0.5) is 0 Å². The molecule has 9 atom stereocenters. The van der Waals surface area contributed by atoms with Crippen LogP contribution >= 0.6 is 15.9 Å². The van der Waals surface area contributed by atoms with Crippen LogP contribution in [0, 0.1) is 17.8 Å². The van der Waals surface area contributed by atoms with E-state index in [0.717, 1.165) is 12.8 Å². The molecule has 2 fully saturated rings. The molecular weight excluding hydrogens is 682 g/mol. The molecule has 4 heterocycles. The first-order valence-electron chi connectivity index (χ1n) is 17.0. The highest BCUT2D eigenvalue weighted by Gasteiger charge is 2.75. The van der Waals surface area contributed by atoms with Crippen molar-refractivity contribution in [1.82, 2.24) is 15.1 Å². The third-order valence-corrected chi connectivity index (χ3v) is 10.8. The maximum absolute atomic E-state index is 14.9. The minimum absolute atomic E-state index is 0.0656. The maximum atomic E-state index is 14.9. The SMILES string of the molecule is CCCC(C)N1C/C=C\CCC(=O)N[C@@H](COC)[C@H](c2ccccc2)OC(=O)[C@H]2[C@@H]3O[C@@]4(C=C3Br)[C@@H]2C(=O)N([C@@H](CO)C(C)C)[C@@H]4C1=O. The van der Waals surface area contributed by atoms with Crippen molar-refractivity contribution in [1.29, 1.82) is 0 Å². The number of carbonyl (C=O) groups is 4. The minimum atomic E-state index is -1.46. The van der Waals surface area contributed by atoms with Gasteiger partial charge in [-0.05, 0) is 37.3 Å². The van der Waals surface area contributed by atoms with Gasteiger partial charge in [-0.3, -0.25) is 19.2 Å². The number of hydrogen-bond donors (Lipinski definition) is 2. The largest absolute Gasteiger partial charge is 0.455 e. The standard InChI is InChI=1S/C36H48BrN3O8/c1-6-13-22(4)39-17-12-8-11-16-27(42)38-25(20-46-5)30(23-14-9-7-10-15-23)47-35(45)28-29-33(43)40(26(19-41)21(2)3)32(34(39)44)36(29)18-24(37)31(28)48-36/h7-10,12,14-15,18,21-22,25-26,28-32,41H,6,11,13,16-17,19-20H2,1-5H3,(H,38,42)/b12-8-/t22?,25-,26-,28+,29-,30-,31+,32+,36-/m0/s1. The topological polar surface area (TPSA) is 135 Å². The van der Waals surface area contributed by atoms with E-state index < -0.39 is 59.6 Å². The Morgan fingerprint density at radius 2 is 1.81 bits per heavy atom. The number of hydrogen-bond acceptors (Lipinski definition) is 8. The second kappa shape index (κ2) is 15.2. The van der Waals surface area contributed by atoms with E-state index in [1.54, 1.807) is 11.0 Å². The third-order valence-electron chi connectivity index (χ3n) is 10.1. The number of fused-ring (bicyclic) bond motifs is 2. The first-order chi connectivity index (χ1) is 23.0. The minimum Gasteiger partial charge on any atom is -0.455 e. The Bertz CT molecular complexity index is 1420. The van der Waals surface area contributed by atoms with Crippen molar-refractivity contribution in [3.63, 3.8) is 0 Å². The molecule has 1 spiro atoms. The Balaban J connectivity index is 1.66. The van der Waals surface area contributed by atoms with E-state index in [1.165, 1.54) is 12.0 Å². The predicted octanol–water partition coefficient (Wildman–Crippen LogP) is 3.66. The molecule has 4 aliphatic heterocycles. The second-order valence-corrected chi connectivity index (χ2v) is 14.5. The molecule has 1 aromatic carbocycles. The highest BCUT2D eigenvalue weighted by molar-refractivity contribution is 9.11. The van der Waals surface area contributed by atoms with Crippen molar-refractivity contribution in [3.05, 3.63) is 58.6 Å². The van der Waals surface area contributed by atoms with Gasteiger partial charge in [-0.25, -0.2) is 0 Å². The molecule has 1 unspecified atom stereocenters. The Hall–Kier alpha value is -3.06. The molecule has 0 radical (unpaired) electrons. The smallest absolute Gasteiger partial charge is 0.313 e. The lowest BCUT2D eigenvalue weighted by Gasteiger charge is -2.41. The zero-order valence-corrected chi connectivity index (χ0v) is 29.9. The van der Waals surface area contributed by atoms with E-state index in [1.807, 2.05) is 70.2 Å². The molecule has 1 aromatic rings. The number of rotatable bonds is 9. The molecule has 5 rings (SSSR count). The number of esters is 1. The number of aliphatic hydroxyl groups excluding tert-OH is 1. The van der Waals surface area contributed by atoms with Gasteiger partial charge in [0.1, 0.15) is 29.8 Å². The zero-order chi connectivity index (χ0) is 34.7. The summed E-state index contributed by atoms with van der Waals surface area (Å²) in [5.41, 5.74) is -0.819. The summed E-state index contributed by atoms with van der Waals surface area (Å²) in [4.78, 5) is 60.5. The number of nitrogens with zero attached hydrogens (tertiary/aromatic N) is 2. The van der Waals surface area contributed by atoms with Crippen LogP contribution in [-0.2, 0) is 33.4 Å². The van der Waals surface area contributed by atoms with E-state index in [9.17, 15) is 24.3 Å². The quantitative estimate of drug-likeness (QED) is 0.291. The summed E-state index contributed by atoms with van der Waals surface area (Å²) in [5.74, 6) is -4.03. The van der Waals surface area contributed by atoms with Crippen LogP contribution in [0.5, 0.6) is 0 Å². The fourth-order valence-electron chi connectivity index (χ4n) is 7.81. The molecule has 0 aromatic heterocycles. The van der Waals surface area contributed by atoms with Gasteiger partial charge in [-0.1, -0.05) is 85.6 Å². The van der Waals surface area contributed by atoms with E-state index in [0.29, 0.717) is 16.5 Å². The number of carbonyl (C=O) groups excluding carboxylic acids is 4. The van der Waals surface area contributed by atoms with Crippen molar-refractivity contribution in [2.75, 3.05) is 26.9 Å². The number of cyclic esters (lactones) is 1. The summed E-state index contributed by atoms with van der Waals surface area (Å²) in [7, 11) is 1.51. The van der Waals surface area contributed by atoms with Gasteiger partial charge < -0.3 is 34.4 Å². The number of halogens is 1. The van der Waals surface area contributed by atoms with Crippen LogP contribution in [-0.4, -0.2) is 101 Å². The lowest BCUT2D eigenvalue weighted by Crippen LogP contribution is -2.60. The van der Waals surface area contributed by atoms with Gasteiger partial charge in [0, 0.05) is 30.6 Å². The van der Waals surface area contributed by atoms with Crippen molar-refractivity contribution in [2.24, 2.45) is 17.8 Å². The molecule has 0 saturated carbocycles. The van der Waals surface area contributed by atoms with Gasteiger partial charge in [0.25, 0.3) is 0 Å². The Morgan fingerprint density at radius 1 is 1.08 bits per heavy atom. The average molecular weight is 731 g/mol. The molecule has 12 heteroatoms. The van der Waals surface area contributed by atoms with Crippen molar-refractivity contribution >= 4 is 39.6 Å². The van der Waals surface area contributed by atoms with Crippen LogP contribution in [0.2, 0.25) is 0 Å². The lowest BCUT2D eigenvalue weighted by molar-refractivity contribution is -0.163. The maximum Gasteiger partial charge on any atom is 0.313 e. The van der Waals surface area contributed by atoms with Gasteiger partial charge in [0.15, 0.2) is 0 Å². The monoisotopic (exact) mass is 729 g/mol. The summed E-state index contributed by atoms with van der Waals surface area (Å²) in [5, 5.41) is 13.6. The molecule has 11 nitrogen and oxygen atoms in total. The predicted molar refractivity (Wildman–Crippen MR) is 181 cm³/mol. The Labute approximate surface area is 291 Å². The molecule has 3 amide bonds. The molecule has 48 heavy (non-hydrogen) atoms. The highest BCUT2D eigenvalue weighted by atomic mass is 79.9. The summed E-state index contributed by atoms with van der Waals surface area (Å²) in [6.45, 7) is 7.78. The first kappa shape index (κ1) is 36.2. The Kier molecular flexibility index (Phi) is 11.5. The molecule has 5 bridgehead atoms. The summed E-state index contributed by atoms with van der Waals surface area (Å²) in [6, 6.07) is 6.38. The van der Waals surface area contributed by atoms with Gasteiger partial charge in [0.2, 0.25) is 17.7 Å². The number of ether oxygens (including phenoxy) is 3. The van der Waals surface area contributed by atoms with Crippen molar-refractivity contribution in [3.8, 4) is 0 Å². The van der Waals surface area contributed by atoms with Crippen molar-refractivity contribution < 1.29 is 38.5 Å². The zero-order valence-electron chi connectivity index (χ0n) is 28.3. The van der Waals surface area contributed by atoms with Gasteiger partial charge in [0.05, 0.1) is 31.2 Å². The lowest BCUT2D eigenvalue weighted by atomic mass is 9.74. The van der Waals surface area contributed by atoms with Crippen LogP contribution < -0.4 is 5.32 Å². The molecule has 4 aliphatic rings. The fraction of sp³-hybridized carbons (Fsp3) is 0.611. The summed E-state index contributed by atoms with van der Waals surface area (Å²) < 4.78 is 19.0. The van der Waals surface area contributed by atoms with Gasteiger partial charge >= 0.3 is 5.97 Å². The number of nitrogens with one attached hydrogen (secondary N) is 1. The summed E-state index contributed by atoms with van der Waals surface area (Å²) in [6.07, 6.45) is 5.91. The van der Waals surface area contributed by atoms with Crippen molar-refractivity contribution in [2.45, 2.75) is 95.4 Å². The van der Waals surface area contributed by atoms with E-state index in [2.05, 4.69) is 21.2 Å². The van der Waals surface area contributed by atoms with Crippen LogP contribution in [0.1, 0.15) is 65.0 Å². The normalized spacial score (nSPS) is 33.0.